The van der Waals surface area contributed by atoms with Crippen LogP contribution in [0, 0.1) is 5.92 Å². The van der Waals surface area contributed by atoms with E-state index in [1.807, 2.05) is 30.3 Å². The van der Waals surface area contributed by atoms with Crippen molar-refractivity contribution in [1.82, 2.24) is 5.32 Å². The Hall–Kier alpha value is -2.37. The maximum Gasteiger partial charge on any atom is 0.313 e. The van der Waals surface area contributed by atoms with E-state index in [0.29, 0.717) is 10.7 Å². The third-order valence-electron chi connectivity index (χ3n) is 4.33. The van der Waals surface area contributed by atoms with Gasteiger partial charge in [0.05, 0.1) is 6.54 Å². The topological polar surface area (TPSA) is 78.4 Å². The van der Waals surface area contributed by atoms with Crippen molar-refractivity contribution in [3.8, 4) is 0 Å². The van der Waals surface area contributed by atoms with Gasteiger partial charge in [0, 0.05) is 10.7 Å². The molecule has 0 saturated heterocycles. The summed E-state index contributed by atoms with van der Waals surface area (Å²) < 4.78 is 0. The molecule has 0 aliphatic heterocycles. The summed E-state index contributed by atoms with van der Waals surface area (Å²) in [5, 5.41) is 16.5. The first-order chi connectivity index (χ1) is 12.0. The highest BCUT2D eigenvalue weighted by Crippen LogP contribution is 2.45. The van der Waals surface area contributed by atoms with E-state index in [2.05, 4.69) is 10.6 Å². The van der Waals surface area contributed by atoms with E-state index in [1.54, 1.807) is 24.3 Å². The van der Waals surface area contributed by atoms with E-state index in [1.165, 1.54) is 0 Å². The Morgan fingerprint density at radius 2 is 1.80 bits per heavy atom. The molecule has 0 aromatic heterocycles. The van der Waals surface area contributed by atoms with Crippen LogP contribution in [0.3, 0.4) is 0 Å². The number of carbonyl (C=O) groups excluding carboxylic acids is 2. The Bertz CT molecular complexity index is 777. The van der Waals surface area contributed by atoms with Gasteiger partial charge in [-0.05, 0) is 42.5 Å². The van der Waals surface area contributed by atoms with E-state index in [-0.39, 0.29) is 12.5 Å². The molecule has 1 aliphatic rings. The summed E-state index contributed by atoms with van der Waals surface area (Å²) >= 11 is 5.85. The van der Waals surface area contributed by atoms with Gasteiger partial charge in [-0.15, -0.1) is 0 Å². The fraction of sp³-hybridized carbons (Fsp3) is 0.263. The molecule has 0 heterocycles. The molecule has 130 valence electrons. The van der Waals surface area contributed by atoms with Crippen LogP contribution in [0.1, 0.15) is 18.4 Å². The minimum Gasteiger partial charge on any atom is -0.383 e. The van der Waals surface area contributed by atoms with Gasteiger partial charge in [0.15, 0.2) is 0 Å². The molecular weight excluding hydrogens is 340 g/mol. The van der Waals surface area contributed by atoms with Gasteiger partial charge in [-0.1, -0.05) is 48.0 Å². The van der Waals surface area contributed by atoms with Gasteiger partial charge >= 0.3 is 11.8 Å². The van der Waals surface area contributed by atoms with Crippen molar-refractivity contribution in [2.75, 3.05) is 11.9 Å². The Kier molecular flexibility index (Phi) is 5.06. The van der Waals surface area contributed by atoms with E-state index in [4.69, 9.17) is 11.6 Å². The Morgan fingerprint density at radius 1 is 1.08 bits per heavy atom. The Morgan fingerprint density at radius 3 is 2.44 bits per heavy atom. The average molecular weight is 359 g/mol. The lowest BCUT2D eigenvalue weighted by atomic mass is 9.88. The SMILES string of the molecule is O=C(NCC(O)(c1ccccc1)C1CC1)C(=O)Nc1cccc(Cl)c1. The van der Waals surface area contributed by atoms with Crippen LogP contribution >= 0.6 is 11.6 Å². The highest BCUT2D eigenvalue weighted by molar-refractivity contribution is 6.39. The van der Waals surface area contributed by atoms with Crippen molar-refractivity contribution < 1.29 is 14.7 Å². The van der Waals surface area contributed by atoms with Crippen LogP contribution in [0.15, 0.2) is 54.6 Å². The molecule has 2 aromatic carbocycles. The molecule has 0 bridgehead atoms. The van der Waals surface area contributed by atoms with Crippen LogP contribution in [0.5, 0.6) is 0 Å². The first-order valence-corrected chi connectivity index (χ1v) is 8.49. The second-order valence-electron chi connectivity index (χ2n) is 6.21. The number of nitrogens with one attached hydrogen (secondary N) is 2. The van der Waals surface area contributed by atoms with Crippen molar-refractivity contribution >= 4 is 29.1 Å². The zero-order chi connectivity index (χ0) is 17.9. The number of halogens is 1. The van der Waals surface area contributed by atoms with Crippen LogP contribution in [0.2, 0.25) is 5.02 Å². The molecule has 25 heavy (non-hydrogen) atoms. The highest BCUT2D eigenvalue weighted by atomic mass is 35.5. The summed E-state index contributed by atoms with van der Waals surface area (Å²) in [6.45, 7) is -0.0104. The summed E-state index contributed by atoms with van der Waals surface area (Å²) in [6, 6.07) is 15.8. The fourth-order valence-corrected chi connectivity index (χ4v) is 3.01. The molecule has 1 saturated carbocycles. The van der Waals surface area contributed by atoms with E-state index >= 15 is 0 Å². The summed E-state index contributed by atoms with van der Waals surface area (Å²) in [7, 11) is 0. The second-order valence-corrected chi connectivity index (χ2v) is 6.65. The number of hydrogen-bond acceptors (Lipinski definition) is 3. The Labute approximate surface area is 151 Å². The first kappa shape index (κ1) is 17.5. The zero-order valence-corrected chi connectivity index (χ0v) is 14.3. The molecule has 3 N–H and O–H groups in total. The summed E-state index contributed by atoms with van der Waals surface area (Å²) in [4.78, 5) is 24.1. The second kappa shape index (κ2) is 7.25. The Balaban J connectivity index is 1.63. The largest absolute Gasteiger partial charge is 0.383 e. The van der Waals surface area contributed by atoms with Gasteiger partial charge in [0.2, 0.25) is 0 Å². The van der Waals surface area contributed by atoms with Crippen LogP contribution in [0.25, 0.3) is 0 Å². The zero-order valence-electron chi connectivity index (χ0n) is 13.5. The van der Waals surface area contributed by atoms with Crippen molar-refractivity contribution in [3.05, 3.63) is 65.2 Å². The number of aliphatic hydroxyl groups is 1. The van der Waals surface area contributed by atoms with Crippen LogP contribution in [0.4, 0.5) is 5.69 Å². The molecule has 3 rings (SSSR count). The smallest absolute Gasteiger partial charge is 0.313 e. The lowest BCUT2D eigenvalue weighted by Crippen LogP contribution is -2.45. The summed E-state index contributed by atoms with van der Waals surface area (Å²) in [6.07, 6.45) is 1.80. The number of carbonyl (C=O) groups is 2. The monoisotopic (exact) mass is 358 g/mol. The van der Waals surface area contributed by atoms with Gasteiger partial charge in [0.25, 0.3) is 0 Å². The molecule has 1 aliphatic carbocycles. The van der Waals surface area contributed by atoms with E-state index in [9.17, 15) is 14.7 Å². The summed E-state index contributed by atoms with van der Waals surface area (Å²) in [5.74, 6) is -1.50. The molecule has 0 radical (unpaired) electrons. The molecule has 1 unspecified atom stereocenters. The number of hydrogen-bond donors (Lipinski definition) is 3. The molecule has 2 amide bonds. The highest BCUT2D eigenvalue weighted by Gasteiger charge is 2.45. The van der Waals surface area contributed by atoms with E-state index in [0.717, 1.165) is 18.4 Å². The first-order valence-electron chi connectivity index (χ1n) is 8.12. The predicted molar refractivity (Wildman–Crippen MR) is 96.2 cm³/mol. The maximum atomic E-state index is 12.1. The fourth-order valence-electron chi connectivity index (χ4n) is 2.82. The van der Waals surface area contributed by atoms with Gasteiger partial charge < -0.3 is 15.7 Å². The molecule has 1 fully saturated rings. The van der Waals surface area contributed by atoms with Crippen LogP contribution in [-0.2, 0) is 15.2 Å². The lowest BCUT2D eigenvalue weighted by Gasteiger charge is -2.29. The third kappa shape index (κ3) is 4.18. The molecule has 6 heteroatoms. The van der Waals surface area contributed by atoms with E-state index < -0.39 is 17.4 Å². The lowest BCUT2D eigenvalue weighted by molar-refractivity contribution is -0.137. The van der Waals surface area contributed by atoms with Crippen LogP contribution < -0.4 is 10.6 Å². The van der Waals surface area contributed by atoms with Crippen molar-refractivity contribution in [1.29, 1.82) is 0 Å². The number of amides is 2. The molecule has 0 spiro atoms. The normalized spacial score (nSPS) is 15.9. The molecule has 5 nitrogen and oxygen atoms in total. The minimum absolute atomic E-state index is 0.0104. The number of rotatable bonds is 5. The van der Waals surface area contributed by atoms with Crippen molar-refractivity contribution in [3.63, 3.8) is 0 Å². The van der Waals surface area contributed by atoms with Gasteiger partial charge in [0.1, 0.15) is 5.60 Å². The van der Waals surface area contributed by atoms with Gasteiger partial charge in [-0.3, -0.25) is 9.59 Å². The standard InChI is InChI=1S/C19H19ClN2O3/c20-15-7-4-8-16(11-15)22-18(24)17(23)21-12-19(25,14-9-10-14)13-5-2-1-3-6-13/h1-8,11,14,25H,9-10,12H2,(H,21,23)(H,22,24). The van der Waals surface area contributed by atoms with Gasteiger partial charge in [-0.2, -0.15) is 0 Å². The summed E-state index contributed by atoms with van der Waals surface area (Å²) in [5.41, 5.74) is 0.0222. The van der Waals surface area contributed by atoms with Crippen molar-refractivity contribution in [2.45, 2.75) is 18.4 Å². The van der Waals surface area contributed by atoms with Crippen LogP contribution in [-0.4, -0.2) is 23.5 Å². The molecule has 2 aromatic rings. The maximum absolute atomic E-state index is 12.1. The number of benzene rings is 2. The predicted octanol–water partition coefficient (Wildman–Crippen LogP) is 2.69. The van der Waals surface area contributed by atoms with Crippen molar-refractivity contribution in [2.24, 2.45) is 5.92 Å². The average Bonchev–Trinajstić information content (AvgIpc) is 3.45. The molecule has 1 atom stereocenters. The number of anilines is 1. The van der Waals surface area contributed by atoms with Gasteiger partial charge in [-0.25, -0.2) is 0 Å². The minimum atomic E-state index is -1.16. The third-order valence-corrected chi connectivity index (χ3v) is 4.57. The quantitative estimate of drug-likeness (QED) is 0.719. The molecular formula is C19H19ClN2O3.